The molecule has 6 heteroatoms. The number of fused-ring (bicyclic) bond motifs is 2. The minimum absolute atomic E-state index is 0.0836. The number of ether oxygens (including phenoxy) is 1. The Morgan fingerprint density at radius 3 is 2.58 bits per heavy atom. The monoisotopic (exact) mass is 503 g/mol. The second-order valence-corrected chi connectivity index (χ2v) is 9.06. The largest absolute Gasteiger partial charge is 0.494 e. The Kier molecular flexibility index (Phi) is 5.54. The topological polar surface area (TPSA) is 59.8 Å². The molecule has 4 aromatic rings. The van der Waals surface area contributed by atoms with Crippen LogP contribution in [0.3, 0.4) is 0 Å². The van der Waals surface area contributed by atoms with Gasteiger partial charge in [-0.1, -0.05) is 52.7 Å². The predicted octanol–water partition coefficient (Wildman–Crippen LogP) is 6.40. The maximum Gasteiger partial charge on any atom is 0.295 e. The van der Waals surface area contributed by atoms with Crippen LogP contribution in [0.5, 0.6) is 5.75 Å². The van der Waals surface area contributed by atoms with Gasteiger partial charge in [0.1, 0.15) is 11.3 Å². The molecule has 0 spiro atoms. The molecule has 0 saturated carbocycles. The molecule has 1 aromatic heterocycles. The van der Waals surface area contributed by atoms with Gasteiger partial charge in [-0.05, 0) is 61.4 Å². The number of amides is 1. The Morgan fingerprint density at radius 1 is 1.03 bits per heavy atom. The third-order valence-corrected chi connectivity index (χ3v) is 6.28. The number of aryl methyl sites for hydroxylation is 1. The summed E-state index contributed by atoms with van der Waals surface area (Å²) in [4.78, 5) is 29.0. The molecular weight excluding hydrogens is 482 g/mol. The molecule has 1 aliphatic rings. The minimum atomic E-state index is -0.625. The van der Waals surface area contributed by atoms with Gasteiger partial charge in [0.2, 0.25) is 5.76 Å². The van der Waals surface area contributed by atoms with E-state index in [1.165, 1.54) is 0 Å². The zero-order chi connectivity index (χ0) is 23.1. The van der Waals surface area contributed by atoms with Crippen molar-refractivity contribution in [2.24, 2.45) is 0 Å². The molecule has 2 heterocycles. The van der Waals surface area contributed by atoms with Gasteiger partial charge in [0.15, 0.2) is 5.43 Å². The van der Waals surface area contributed by atoms with Gasteiger partial charge in [-0.15, -0.1) is 0 Å². The molecule has 1 unspecified atom stereocenters. The number of hydrogen-bond acceptors (Lipinski definition) is 4. The van der Waals surface area contributed by atoms with Crippen LogP contribution < -0.4 is 15.1 Å². The smallest absolute Gasteiger partial charge is 0.295 e. The van der Waals surface area contributed by atoms with Crippen molar-refractivity contribution in [2.45, 2.75) is 26.3 Å². The van der Waals surface area contributed by atoms with Gasteiger partial charge in [-0.25, -0.2) is 0 Å². The van der Waals surface area contributed by atoms with Crippen LogP contribution in [0.4, 0.5) is 5.69 Å². The average molecular weight is 504 g/mol. The fourth-order valence-corrected chi connectivity index (χ4v) is 4.59. The van der Waals surface area contributed by atoms with Crippen LogP contribution in [0.2, 0.25) is 0 Å². The summed E-state index contributed by atoms with van der Waals surface area (Å²) in [5, 5.41) is 0.435. The van der Waals surface area contributed by atoms with E-state index >= 15 is 0 Å². The number of hydrogen-bond donors (Lipinski definition) is 0. The Balaban J connectivity index is 1.76. The normalized spacial score (nSPS) is 15.2. The number of rotatable bonds is 5. The first-order chi connectivity index (χ1) is 16.0. The lowest BCUT2D eigenvalue weighted by Gasteiger charge is -2.25. The van der Waals surface area contributed by atoms with Crippen molar-refractivity contribution in [3.63, 3.8) is 0 Å². The fourth-order valence-electron chi connectivity index (χ4n) is 4.23. The van der Waals surface area contributed by atoms with Crippen LogP contribution in [0, 0.1) is 6.92 Å². The molecule has 0 aliphatic carbocycles. The van der Waals surface area contributed by atoms with Gasteiger partial charge < -0.3 is 9.15 Å². The Bertz CT molecular complexity index is 1420. The number of carbonyl (C=O) groups is 1. The van der Waals surface area contributed by atoms with Crippen molar-refractivity contribution in [3.8, 4) is 5.75 Å². The number of carbonyl (C=O) groups excluding carboxylic acids is 1. The van der Waals surface area contributed by atoms with E-state index in [9.17, 15) is 9.59 Å². The van der Waals surface area contributed by atoms with E-state index in [0.29, 0.717) is 34.6 Å². The fraction of sp³-hybridized carbons (Fsp3) is 0.185. The van der Waals surface area contributed by atoms with Crippen LogP contribution in [0.15, 0.2) is 80.4 Å². The zero-order valence-electron chi connectivity index (χ0n) is 18.3. The lowest BCUT2D eigenvalue weighted by atomic mass is 9.98. The molecule has 33 heavy (non-hydrogen) atoms. The van der Waals surface area contributed by atoms with E-state index in [1.807, 2.05) is 62.4 Å². The molecule has 166 valence electrons. The third kappa shape index (κ3) is 3.74. The predicted molar refractivity (Wildman–Crippen MR) is 132 cm³/mol. The Morgan fingerprint density at radius 2 is 1.82 bits per heavy atom. The molecule has 0 bridgehead atoms. The molecule has 1 amide bonds. The van der Waals surface area contributed by atoms with E-state index in [0.717, 1.165) is 22.0 Å². The maximum absolute atomic E-state index is 13.7. The number of anilines is 1. The van der Waals surface area contributed by atoms with Crippen molar-refractivity contribution in [3.05, 3.63) is 104 Å². The summed E-state index contributed by atoms with van der Waals surface area (Å²) in [5.41, 5.74) is 3.10. The first-order valence-corrected chi connectivity index (χ1v) is 11.7. The number of halogens is 1. The van der Waals surface area contributed by atoms with Crippen LogP contribution in [0.1, 0.15) is 46.6 Å². The molecule has 0 saturated heterocycles. The van der Waals surface area contributed by atoms with Gasteiger partial charge in [-0.2, -0.15) is 0 Å². The van der Waals surface area contributed by atoms with Gasteiger partial charge in [-0.3, -0.25) is 14.5 Å². The molecule has 1 atom stereocenters. The molecule has 1 aliphatic heterocycles. The second-order valence-electron chi connectivity index (χ2n) is 8.15. The van der Waals surface area contributed by atoms with Crippen LogP contribution >= 0.6 is 15.9 Å². The zero-order valence-corrected chi connectivity index (χ0v) is 19.9. The summed E-state index contributed by atoms with van der Waals surface area (Å²) in [6.45, 7) is 4.63. The highest BCUT2D eigenvalue weighted by Crippen LogP contribution is 2.42. The number of benzene rings is 3. The van der Waals surface area contributed by atoms with E-state index in [-0.39, 0.29) is 17.1 Å². The summed E-state index contributed by atoms with van der Waals surface area (Å²) in [5.74, 6) is 0.452. The lowest BCUT2D eigenvalue weighted by Crippen LogP contribution is -2.29. The molecule has 5 rings (SSSR count). The average Bonchev–Trinajstić information content (AvgIpc) is 3.11. The summed E-state index contributed by atoms with van der Waals surface area (Å²) >= 11 is 3.43. The van der Waals surface area contributed by atoms with Gasteiger partial charge >= 0.3 is 0 Å². The van der Waals surface area contributed by atoms with E-state index in [1.54, 1.807) is 23.1 Å². The summed E-state index contributed by atoms with van der Waals surface area (Å²) < 4.78 is 12.6. The van der Waals surface area contributed by atoms with Gasteiger partial charge in [0, 0.05) is 10.2 Å². The van der Waals surface area contributed by atoms with Gasteiger partial charge in [0.05, 0.1) is 23.6 Å². The second kappa shape index (κ2) is 8.52. The Hall–Kier alpha value is -3.38. The van der Waals surface area contributed by atoms with Crippen LogP contribution in [0.25, 0.3) is 11.0 Å². The summed E-state index contributed by atoms with van der Waals surface area (Å²) in [7, 11) is 0. The highest BCUT2D eigenvalue weighted by Gasteiger charge is 2.43. The van der Waals surface area contributed by atoms with E-state index in [4.69, 9.17) is 9.15 Å². The van der Waals surface area contributed by atoms with Crippen molar-refractivity contribution in [1.82, 2.24) is 0 Å². The molecule has 0 N–H and O–H groups in total. The summed E-state index contributed by atoms with van der Waals surface area (Å²) in [6, 6.07) is 19.9. The first-order valence-electron chi connectivity index (χ1n) is 10.9. The van der Waals surface area contributed by atoms with E-state index in [2.05, 4.69) is 15.9 Å². The molecule has 0 fully saturated rings. The minimum Gasteiger partial charge on any atom is -0.494 e. The SMILES string of the molecule is CCCOc1cccc(C2c3c(oc4ccc(Br)cc4c3=O)C(=O)N2c2ccc(C)cc2)c1. The van der Waals surface area contributed by atoms with Crippen molar-refractivity contribution in [2.75, 3.05) is 11.5 Å². The Labute approximate surface area is 199 Å². The third-order valence-electron chi connectivity index (χ3n) is 5.79. The first kappa shape index (κ1) is 21.5. The molecular formula is C27H22BrNO4. The summed E-state index contributed by atoms with van der Waals surface area (Å²) in [6.07, 6.45) is 0.884. The molecule has 3 aromatic carbocycles. The quantitative estimate of drug-likeness (QED) is 0.316. The van der Waals surface area contributed by atoms with Crippen molar-refractivity contribution in [1.29, 1.82) is 0 Å². The van der Waals surface area contributed by atoms with Crippen LogP contribution in [-0.4, -0.2) is 12.5 Å². The molecule has 0 radical (unpaired) electrons. The maximum atomic E-state index is 13.7. The van der Waals surface area contributed by atoms with Crippen molar-refractivity contribution >= 4 is 38.5 Å². The molecule has 5 nitrogen and oxygen atoms in total. The highest BCUT2D eigenvalue weighted by molar-refractivity contribution is 9.10. The van der Waals surface area contributed by atoms with Gasteiger partial charge in [0.25, 0.3) is 5.91 Å². The highest BCUT2D eigenvalue weighted by atomic mass is 79.9. The lowest BCUT2D eigenvalue weighted by molar-refractivity contribution is 0.0971. The number of nitrogens with zero attached hydrogens (tertiary/aromatic N) is 1. The van der Waals surface area contributed by atoms with Crippen LogP contribution in [-0.2, 0) is 0 Å². The van der Waals surface area contributed by atoms with Crippen molar-refractivity contribution < 1.29 is 13.9 Å². The van der Waals surface area contributed by atoms with E-state index < -0.39 is 6.04 Å². The standard InChI is InChI=1S/C27H22BrNO4/c1-3-13-32-20-6-4-5-17(14-20)24-23-25(30)21-15-18(28)9-12-22(21)33-26(23)27(31)29(24)19-10-7-16(2)8-11-19/h4-12,14-15,24H,3,13H2,1-2H3.